The normalized spacial score (nSPS) is 16.0. The molecular formula is C18H30IN3O2. The Hall–Kier alpha value is -1.18. The van der Waals surface area contributed by atoms with Gasteiger partial charge in [-0.25, -0.2) is 4.99 Å². The summed E-state index contributed by atoms with van der Waals surface area (Å²) in [6.07, 6.45) is 2.25. The molecule has 0 amide bonds. The fourth-order valence-electron chi connectivity index (χ4n) is 2.64. The number of aliphatic imine (C=N–C) groups is 1. The summed E-state index contributed by atoms with van der Waals surface area (Å²) in [7, 11) is 0. The fraction of sp³-hybridized carbons (Fsp3) is 0.611. The molecule has 1 unspecified atom stereocenters. The molecule has 0 bridgehead atoms. The van der Waals surface area contributed by atoms with Gasteiger partial charge in [0.15, 0.2) is 5.96 Å². The lowest BCUT2D eigenvalue weighted by molar-refractivity contribution is 0.254. The van der Waals surface area contributed by atoms with Gasteiger partial charge in [-0.05, 0) is 39.3 Å². The maximum Gasteiger partial charge on any atom is 0.191 e. The van der Waals surface area contributed by atoms with Gasteiger partial charge in [-0.1, -0.05) is 6.92 Å². The van der Waals surface area contributed by atoms with Crippen LogP contribution in [0.2, 0.25) is 0 Å². The molecule has 0 aromatic heterocycles. The van der Waals surface area contributed by atoms with Crippen LogP contribution in [0.25, 0.3) is 0 Å². The van der Waals surface area contributed by atoms with Gasteiger partial charge >= 0.3 is 0 Å². The third-order valence-corrected chi connectivity index (χ3v) is 3.67. The van der Waals surface area contributed by atoms with Crippen LogP contribution in [-0.4, -0.2) is 31.8 Å². The molecule has 0 radical (unpaired) electrons. The highest BCUT2D eigenvalue weighted by Gasteiger charge is 2.21. The topological polar surface area (TPSA) is 54.9 Å². The van der Waals surface area contributed by atoms with E-state index in [1.165, 1.54) is 5.56 Å². The predicted molar refractivity (Wildman–Crippen MR) is 110 cm³/mol. The largest absolute Gasteiger partial charge is 0.494 e. The molecule has 1 aliphatic rings. The van der Waals surface area contributed by atoms with Crippen LogP contribution in [0.5, 0.6) is 11.5 Å². The van der Waals surface area contributed by atoms with Crippen molar-refractivity contribution in [2.24, 2.45) is 4.99 Å². The maximum atomic E-state index is 5.86. The summed E-state index contributed by atoms with van der Waals surface area (Å²) in [5.74, 6) is 2.73. The molecule has 1 aromatic rings. The third kappa shape index (κ3) is 5.72. The first-order valence-electron chi connectivity index (χ1n) is 8.65. The molecule has 6 heteroatoms. The highest BCUT2D eigenvalue weighted by molar-refractivity contribution is 14.0. The number of nitrogens with zero attached hydrogens (tertiary/aromatic N) is 1. The zero-order chi connectivity index (χ0) is 16.7. The van der Waals surface area contributed by atoms with Gasteiger partial charge in [0, 0.05) is 30.6 Å². The van der Waals surface area contributed by atoms with Crippen molar-refractivity contribution < 1.29 is 9.47 Å². The molecule has 1 atom stereocenters. The number of rotatable bonds is 7. The Morgan fingerprint density at radius 1 is 1.29 bits per heavy atom. The van der Waals surface area contributed by atoms with Crippen molar-refractivity contribution in [1.82, 2.24) is 10.6 Å². The zero-order valence-electron chi connectivity index (χ0n) is 15.1. The molecule has 2 rings (SSSR count). The van der Waals surface area contributed by atoms with Gasteiger partial charge in [-0.15, -0.1) is 24.0 Å². The van der Waals surface area contributed by atoms with Crippen LogP contribution >= 0.6 is 24.0 Å². The lowest BCUT2D eigenvalue weighted by atomic mass is 10.1. The molecule has 0 fully saturated rings. The molecule has 1 aromatic carbocycles. The van der Waals surface area contributed by atoms with E-state index in [1.807, 2.05) is 6.92 Å². The van der Waals surface area contributed by atoms with Gasteiger partial charge in [0.1, 0.15) is 17.6 Å². The van der Waals surface area contributed by atoms with E-state index in [-0.39, 0.29) is 30.1 Å². The van der Waals surface area contributed by atoms with Crippen LogP contribution in [-0.2, 0) is 13.0 Å². The monoisotopic (exact) mass is 447 g/mol. The van der Waals surface area contributed by atoms with Crippen LogP contribution in [0.1, 0.15) is 45.2 Å². The molecule has 0 saturated heterocycles. The summed E-state index contributed by atoms with van der Waals surface area (Å²) in [6, 6.07) is 4.19. The summed E-state index contributed by atoms with van der Waals surface area (Å²) in [5.41, 5.74) is 2.29. The molecule has 0 saturated carbocycles. The molecule has 2 N–H and O–H groups in total. The van der Waals surface area contributed by atoms with Gasteiger partial charge < -0.3 is 20.1 Å². The summed E-state index contributed by atoms with van der Waals surface area (Å²) in [4.78, 5) is 4.67. The van der Waals surface area contributed by atoms with E-state index in [4.69, 9.17) is 9.47 Å². The minimum atomic E-state index is 0. The molecule has 1 aliphatic heterocycles. The first kappa shape index (κ1) is 20.9. The Balaban J connectivity index is 0.00000288. The second kappa shape index (κ2) is 10.6. The van der Waals surface area contributed by atoms with Gasteiger partial charge in [-0.3, -0.25) is 0 Å². The Bertz CT molecular complexity index is 549. The quantitative estimate of drug-likeness (QED) is 0.382. The average molecular weight is 447 g/mol. The van der Waals surface area contributed by atoms with E-state index in [2.05, 4.69) is 48.5 Å². The van der Waals surface area contributed by atoms with Crippen molar-refractivity contribution in [2.75, 3.05) is 19.7 Å². The Morgan fingerprint density at radius 3 is 2.75 bits per heavy atom. The zero-order valence-corrected chi connectivity index (χ0v) is 17.5. The average Bonchev–Trinajstić information content (AvgIpc) is 2.89. The molecular weight excluding hydrogens is 417 g/mol. The SMILES string of the molecule is CCCNC(=NCc1cc2c(cc1OCC)CC(C)O2)NCC.I. The van der Waals surface area contributed by atoms with Crippen LogP contribution in [0.3, 0.4) is 0 Å². The first-order chi connectivity index (χ1) is 11.2. The van der Waals surface area contributed by atoms with Crippen molar-refractivity contribution >= 4 is 29.9 Å². The van der Waals surface area contributed by atoms with E-state index >= 15 is 0 Å². The molecule has 0 aliphatic carbocycles. The van der Waals surface area contributed by atoms with Gasteiger partial charge in [0.2, 0.25) is 0 Å². The molecule has 24 heavy (non-hydrogen) atoms. The van der Waals surface area contributed by atoms with Crippen LogP contribution < -0.4 is 20.1 Å². The molecule has 5 nitrogen and oxygen atoms in total. The number of guanidine groups is 1. The molecule has 1 heterocycles. The lowest BCUT2D eigenvalue weighted by Crippen LogP contribution is -2.37. The number of benzene rings is 1. The molecule has 0 spiro atoms. The van der Waals surface area contributed by atoms with Crippen LogP contribution in [0, 0.1) is 0 Å². The number of halogens is 1. The highest BCUT2D eigenvalue weighted by atomic mass is 127. The number of hydrogen-bond acceptors (Lipinski definition) is 3. The van der Waals surface area contributed by atoms with Gasteiger partial charge in [0.05, 0.1) is 13.2 Å². The summed E-state index contributed by atoms with van der Waals surface area (Å²) in [6.45, 7) is 11.3. The van der Waals surface area contributed by atoms with Crippen LogP contribution in [0.15, 0.2) is 17.1 Å². The summed E-state index contributed by atoms with van der Waals surface area (Å²) in [5, 5.41) is 6.58. The van der Waals surface area contributed by atoms with Gasteiger partial charge in [-0.2, -0.15) is 0 Å². The van der Waals surface area contributed by atoms with Crippen molar-refractivity contribution in [3.05, 3.63) is 23.3 Å². The molecule has 136 valence electrons. The fourth-order valence-corrected chi connectivity index (χ4v) is 2.64. The number of hydrogen-bond donors (Lipinski definition) is 2. The second-order valence-corrected chi connectivity index (χ2v) is 5.76. The van der Waals surface area contributed by atoms with Crippen molar-refractivity contribution in [2.45, 2.75) is 53.2 Å². The number of ether oxygens (including phenoxy) is 2. The number of fused-ring (bicyclic) bond motifs is 1. The van der Waals surface area contributed by atoms with Crippen molar-refractivity contribution in [1.29, 1.82) is 0 Å². The minimum absolute atomic E-state index is 0. The number of nitrogens with one attached hydrogen (secondary N) is 2. The maximum absolute atomic E-state index is 5.86. The summed E-state index contributed by atoms with van der Waals surface area (Å²) < 4.78 is 11.7. The minimum Gasteiger partial charge on any atom is -0.494 e. The predicted octanol–water partition coefficient (Wildman–Crippen LogP) is 3.49. The van der Waals surface area contributed by atoms with E-state index in [9.17, 15) is 0 Å². The van der Waals surface area contributed by atoms with Crippen molar-refractivity contribution in [3.63, 3.8) is 0 Å². The van der Waals surface area contributed by atoms with E-state index < -0.39 is 0 Å². The highest BCUT2D eigenvalue weighted by Crippen LogP contribution is 2.35. The summed E-state index contributed by atoms with van der Waals surface area (Å²) >= 11 is 0. The third-order valence-electron chi connectivity index (χ3n) is 3.67. The smallest absolute Gasteiger partial charge is 0.191 e. The second-order valence-electron chi connectivity index (χ2n) is 5.76. The Labute approximate surface area is 162 Å². The van der Waals surface area contributed by atoms with E-state index in [1.54, 1.807) is 0 Å². The standard InChI is InChI=1S/C18H29N3O2.HI/c1-5-8-20-18(19-6-2)21-12-15-11-17-14(9-13(4)23-17)10-16(15)22-7-3;/h10-11,13H,5-9,12H2,1-4H3,(H2,19,20,21);1H. The first-order valence-corrected chi connectivity index (χ1v) is 8.65. The van der Waals surface area contributed by atoms with Crippen molar-refractivity contribution in [3.8, 4) is 11.5 Å². The Morgan fingerprint density at radius 2 is 2.08 bits per heavy atom. The van der Waals surface area contributed by atoms with E-state index in [0.717, 1.165) is 49.0 Å². The van der Waals surface area contributed by atoms with E-state index in [0.29, 0.717) is 13.2 Å². The Kier molecular flexibility index (Phi) is 9.25. The van der Waals surface area contributed by atoms with Crippen LogP contribution in [0.4, 0.5) is 0 Å². The lowest BCUT2D eigenvalue weighted by Gasteiger charge is -2.13. The van der Waals surface area contributed by atoms with Gasteiger partial charge in [0.25, 0.3) is 0 Å².